The molecule has 0 bridgehead atoms. The smallest absolute Gasteiger partial charge is 0.253 e. The molecule has 1 N–H and O–H groups in total. The minimum absolute atomic E-state index is 0.0462. The molecular weight excluding hydrogens is 298 g/mol. The van der Waals surface area contributed by atoms with E-state index in [1.165, 1.54) is 4.90 Å². The van der Waals surface area contributed by atoms with E-state index in [2.05, 4.69) is 5.32 Å². The van der Waals surface area contributed by atoms with Crippen molar-refractivity contribution in [3.8, 4) is 6.07 Å². The minimum atomic E-state index is -0.311. The fourth-order valence-electron chi connectivity index (χ4n) is 2.70. The summed E-state index contributed by atoms with van der Waals surface area (Å²) >= 11 is 0. The molecule has 120 valence electrons. The summed E-state index contributed by atoms with van der Waals surface area (Å²) in [5.74, 6) is -0.580. The quantitative estimate of drug-likeness (QED) is 0.896. The highest BCUT2D eigenvalue weighted by Crippen LogP contribution is 2.30. The van der Waals surface area contributed by atoms with Crippen LogP contribution in [0.3, 0.4) is 0 Å². The molecule has 2 aliphatic heterocycles. The van der Waals surface area contributed by atoms with Gasteiger partial charge in [0.05, 0.1) is 35.7 Å². The third kappa shape index (κ3) is 3.50. The first-order valence-corrected chi connectivity index (χ1v) is 7.51. The molecule has 1 atom stereocenters. The van der Waals surface area contributed by atoms with Gasteiger partial charge in [-0.05, 0) is 31.0 Å². The molecule has 0 spiro atoms. The number of benzene rings is 1. The Morgan fingerprint density at radius 1 is 1.52 bits per heavy atom. The van der Waals surface area contributed by atoms with Gasteiger partial charge in [-0.3, -0.25) is 14.5 Å². The first-order valence-electron chi connectivity index (χ1n) is 7.51. The monoisotopic (exact) mass is 315 g/mol. The van der Waals surface area contributed by atoms with Crippen molar-refractivity contribution >= 4 is 23.2 Å². The van der Waals surface area contributed by atoms with Crippen LogP contribution in [-0.2, 0) is 19.1 Å². The van der Waals surface area contributed by atoms with Crippen LogP contribution in [0, 0.1) is 11.3 Å². The Morgan fingerprint density at radius 2 is 2.39 bits per heavy atom. The first kappa shape index (κ1) is 15.5. The van der Waals surface area contributed by atoms with Crippen LogP contribution in [0.5, 0.6) is 0 Å². The number of hydrogen-bond donors (Lipinski definition) is 1. The highest BCUT2D eigenvalue weighted by Gasteiger charge is 2.27. The van der Waals surface area contributed by atoms with Crippen molar-refractivity contribution in [3.63, 3.8) is 0 Å². The van der Waals surface area contributed by atoms with Gasteiger partial charge in [0.2, 0.25) is 5.91 Å². The fourth-order valence-corrected chi connectivity index (χ4v) is 2.70. The third-order valence-corrected chi connectivity index (χ3v) is 3.85. The Balaban J connectivity index is 1.68. The van der Waals surface area contributed by atoms with Crippen molar-refractivity contribution in [2.24, 2.45) is 0 Å². The molecule has 0 aliphatic carbocycles. The predicted molar refractivity (Wildman–Crippen MR) is 81.9 cm³/mol. The van der Waals surface area contributed by atoms with Gasteiger partial charge in [0, 0.05) is 6.61 Å². The van der Waals surface area contributed by atoms with Crippen molar-refractivity contribution in [1.82, 2.24) is 0 Å². The van der Waals surface area contributed by atoms with Gasteiger partial charge >= 0.3 is 0 Å². The van der Waals surface area contributed by atoms with Crippen LogP contribution < -0.4 is 10.2 Å². The zero-order valence-corrected chi connectivity index (χ0v) is 12.6. The number of carbonyl (C=O) groups is 2. The van der Waals surface area contributed by atoms with Gasteiger partial charge in [0.25, 0.3) is 5.91 Å². The summed E-state index contributed by atoms with van der Waals surface area (Å²) in [5.41, 5.74) is 1.47. The lowest BCUT2D eigenvalue weighted by atomic mass is 10.1. The van der Waals surface area contributed by atoms with E-state index in [1.54, 1.807) is 18.2 Å². The van der Waals surface area contributed by atoms with Crippen LogP contribution in [0.25, 0.3) is 0 Å². The number of carbonyl (C=O) groups excluding carboxylic acids is 2. The number of fused-ring (bicyclic) bond motifs is 1. The van der Waals surface area contributed by atoms with E-state index in [4.69, 9.17) is 14.7 Å². The van der Waals surface area contributed by atoms with Gasteiger partial charge < -0.3 is 14.8 Å². The molecule has 1 fully saturated rings. The minimum Gasteiger partial charge on any atom is -0.376 e. The molecule has 1 unspecified atom stereocenters. The van der Waals surface area contributed by atoms with Crippen molar-refractivity contribution < 1.29 is 19.1 Å². The van der Waals surface area contributed by atoms with Crippen LogP contribution >= 0.6 is 0 Å². The lowest BCUT2D eigenvalue weighted by Gasteiger charge is -2.29. The molecule has 1 saturated heterocycles. The molecule has 2 aliphatic rings. The molecule has 7 nitrogen and oxygen atoms in total. The normalized spacial score (nSPS) is 19.9. The number of ether oxygens (including phenoxy) is 2. The Kier molecular flexibility index (Phi) is 4.55. The van der Waals surface area contributed by atoms with E-state index >= 15 is 0 Å². The number of nitrogens with one attached hydrogen (secondary N) is 1. The highest BCUT2D eigenvalue weighted by atomic mass is 16.5. The van der Waals surface area contributed by atoms with Crippen molar-refractivity contribution in [3.05, 3.63) is 23.8 Å². The van der Waals surface area contributed by atoms with Crippen LogP contribution in [-0.4, -0.2) is 44.3 Å². The topological polar surface area (TPSA) is 91.7 Å². The van der Waals surface area contributed by atoms with Crippen molar-refractivity contribution in [1.29, 1.82) is 5.26 Å². The number of anilines is 2. The standard InChI is InChI=1S/C16H17N3O4/c17-7-11-3-4-13-14(6-11)19(8-15(20)18-13)16(21)10-22-9-12-2-1-5-23-12/h3-4,6,12H,1-2,5,8-10H2,(H,18,20). The second-order valence-electron chi connectivity index (χ2n) is 5.52. The summed E-state index contributed by atoms with van der Waals surface area (Å²) in [6.45, 7) is 0.906. The van der Waals surface area contributed by atoms with E-state index < -0.39 is 0 Å². The molecule has 0 radical (unpaired) electrons. The molecule has 2 amide bonds. The molecular formula is C16H17N3O4. The van der Waals surface area contributed by atoms with Gasteiger partial charge in [-0.15, -0.1) is 0 Å². The third-order valence-electron chi connectivity index (χ3n) is 3.85. The van der Waals surface area contributed by atoms with E-state index in [0.717, 1.165) is 19.4 Å². The van der Waals surface area contributed by atoms with Crippen molar-refractivity contribution in [2.45, 2.75) is 18.9 Å². The van der Waals surface area contributed by atoms with E-state index in [1.807, 2.05) is 6.07 Å². The van der Waals surface area contributed by atoms with Gasteiger partial charge in [0.1, 0.15) is 13.2 Å². The lowest BCUT2D eigenvalue weighted by molar-refractivity contribution is -0.126. The van der Waals surface area contributed by atoms with E-state index in [0.29, 0.717) is 23.5 Å². The second-order valence-corrected chi connectivity index (χ2v) is 5.52. The fraction of sp³-hybridized carbons (Fsp3) is 0.438. The zero-order valence-electron chi connectivity index (χ0n) is 12.6. The molecule has 0 aromatic heterocycles. The summed E-state index contributed by atoms with van der Waals surface area (Å²) < 4.78 is 10.9. The summed E-state index contributed by atoms with van der Waals surface area (Å²) in [7, 11) is 0. The molecule has 3 rings (SSSR count). The number of nitrogens with zero attached hydrogens (tertiary/aromatic N) is 2. The second kappa shape index (κ2) is 6.77. The van der Waals surface area contributed by atoms with Crippen LogP contribution in [0.4, 0.5) is 11.4 Å². The van der Waals surface area contributed by atoms with Gasteiger partial charge in [-0.2, -0.15) is 5.26 Å². The van der Waals surface area contributed by atoms with Crippen LogP contribution in [0.15, 0.2) is 18.2 Å². The van der Waals surface area contributed by atoms with Crippen LogP contribution in [0.1, 0.15) is 18.4 Å². The number of amides is 2. The Bertz CT molecular complexity index is 662. The number of nitriles is 1. The molecule has 1 aromatic carbocycles. The lowest BCUT2D eigenvalue weighted by Crippen LogP contribution is -2.44. The molecule has 7 heteroatoms. The molecule has 2 heterocycles. The maximum Gasteiger partial charge on any atom is 0.253 e. The number of rotatable bonds is 4. The average molecular weight is 315 g/mol. The number of hydrogen-bond acceptors (Lipinski definition) is 5. The zero-order chi connectivity index (χ0) is 16.2. The summed E-state index contributed by atoms with van der Waals surface area (Å²) in [6.07, 6.45) is 2.00. The summed E-state index contributed by atoms with van der Waals surface area (Å²) in [5, 5.41) is 11.7. The van der Waals surface area contributed by atoms with E-state index in [9.17, 15) is 9.59 Å². The van der Waals surface area contributed by atoms with E-state index in [-0.39, 0.29) is 31.1 Å². The Labute approximate surface area is 133 Å². The Hall–Kier alpha value is -2.43. The predicted octanol–water partition coefficient (Wildman–Crippen LogP) is 1.04. The Morgan fingerprint density at radius 3 is 3.13 bits per heavy atom. The van der Waals surface area contributed by atoms with Gasteiger partial charge in [-0.25, -0.2) is 0 Å². The summed E-state index contributed by atoms with van der Waals surface area (Å²) in [6, 6.07) is 6.84. The molecule has 1 aromatic rings. The maximum absolute atomic E-state index is 12.4. The molecule has 23 heavy (non-hydrogen) atoms. The molecule has 0 saturated carbocycles. The maximum atomic E-state index is 12.4. The van der Waals surface area contributed by atoms with Gasteiger partial charge in [-0.1, -0.05) is 0 Å². The average Bonchev–Trinajstić information content (AvgIpc) is 3.07. The largest absolute Gasteiger partial charge is 0.376 e. The van der Waals surface area contributed by atoms with Crippen LogP contribution in [0.2, 0.25) is 0 Å². The highest BCUT2D eigenvalue weighted by molar-refractivity contribution is 6.10. The van der Waals surface area contributed by atoms with Gasteiger partial charge in [0.15, 0.2) is 0 Å². The van der Waals surface area contributed by atoms with Crippen molar-refractivity contribution in [2.75, 3.05) is 36.6 Å². The summed E-state index contributed by atoms with van der Waals surface area (Å²) in [4.78, 5) is 25.5. The first-order chi connectivity index (χ1) is 11.2. The SMILES string of the molecule is N#Cc1ccc2c(c1)N(C(=O)COCC1CCCO1)CC(=O)N2.